The fourth-order valence-electron chi connectivity index (χ4n) is 2.98. The summed E-state index contributed by atoms with van der Waals surface area (Å²) in [5, 5.41) is 15.5. The van der Waals surface area contributed by atoms with Crippen LogP contribution in [-0.2, 0) is 19.4 Å². The highest BCUT2D eigenvalue weighted by Crippen LogP contribution is 2.24. The van der Waals surface area contributed by atoms with Crippen LogP contribution in [0.5, 0.6) is 0 Å². The van der Waals surface area contributed by atoms with Gasteiger partial charge >= 0.3 is 0 Å². The van der Waals surface area contributed by atoms with Crippen molar-refractivity contribution in [1.82, 2.24) is 0 Å². The van der Waals surface area contributed by atoms with E-state index in [1.807, 2.05) is 43.4 Å². The highest BCUT2D eigenvalue weighted by molar-refractivity contribution is 7.91. The highest BCUT2D eigenvalue weighted by Gasteiger charge is 2.19. The number of hydrogen-bond donors (Lipinski definition) is 1. The zero-order valence-electron chi connectivity index (χ0n) is 18.2. The maximum atomic E-state index is 12.5. The number of nitrogens with zero attached hydrogens (tertiary/aromatic N) is 2. The molecule has 2 aromatic rings. The van der Waals surface area contributed by atoms with Crippen LogP contribution in [-0.4, -0.2) is 66.8 Å². The van der Waals surface area contributed by atoms with Crippen LogP contribution in [0.2, 0.25) is 5.02 Å². The molecule has 1 N–H and O–H groups in total. The van der Waals surface area contributed by atoms with Crippen LogP contribution in [0.3, 0.4) is 0 Å². The Bertz CT molecular complexity index is 993. The first kappa shape index (κ1) is 25.8. The number of halogens is 1. The predicted molar refractivity (Wildman–Crippen MR) is 123 cm³/mol. The van der Waals surface area contributed by atoms with E-state index >= 15 is 0 Å². The lowest BCUT2D eigenvalue weighted by atomic mass is 10.1. The molecule has 0 aliphatic carbocycles. The van der Waals surface area contributed by atoms with Gasteiger partial charge < -0.3 is 19.5 Å². The molecule has 174 valence electrons. The summed E-state index contributed by atoms with van der Waals surface area (Å²) in [6.45, 7) is 1.87. The average molecular weight is 482 g/mol. The number of benzene rings is 2. The van der Waals surface area contributed by atoms with Gasteiger partial charge in [0.15, 0.2) is 9.84 Å². The minimum Gasteiger partial charge on any atom is -0.554 e. The van der Waals surface area contributed by atoms with Crippen LogP contribution in [0.15, 0.2) is 58.5 Å². The molecule has 0 fully saturated rings. The van der Waals surface area contributed by atoms with Gasteiger partial charge in [-0.25, -0.2) is 8.42 Å². The second-order valence-corrected chi connectivity index (χ2v) is 9.95. The number of hydrogen-bond acceptors (Lipinski definition) is 7. The van der Waals surface area contributed by atoms with Crippen molar-refractivity contribution in [1.29, 1.82) is 0 Å². The number of nitrogens with one attached hydrogen (secondary N) is 1. The Hall–Kier alpha value is -2.46. The monoisotopic (exact) mass is 481 g/mol. The largest absolute Gasteiger partial charge is 0.554 e. The molecule has 1 aliphatic heterocycles. The lowest BCUT2D eigenvalue weighted by molar-refractivity contribution is -0.858. The summed E-state index contributed by atoms with van der Waals surface area (Å²) < 4.78 is 30.4. The number of anilines is 1. The summed E-state index contributed by atoms with van der Waals surface area (Å²) in [4.78, 5) is 9.83. The molecule has 0 atom stereocenters. The maximum Gasteiger partial charge on any atom is 0.180 e. The van der Waals surface area contributed by atoms with Gasteiger partial charge in [0.25, 0.3) is 0 Å². The molecule has 1 heterocycles. The van der Waals surface area contributed by atoms with E-state index in [2.05, 4.69) is 5.10 Å². The number of hydrazone groups is 1. The van der Waals surface area contributed by atoms with Gasteiger partial charge in [-0.2, -0.15) is 5.10 Å². The zero-order valence-corrected chi connectivity index (χ0v) is 19.7. The molecule has 32 heavy (non-hydrogen) atoms. The SMILES string of the molecule is C[NH+](C)CCOCCS(=O)(=O)c1ccc(N2CCC(c3ccc(Cl)cc3)=N2)cc1.O=C[O-]. The second kappa shape index (κ2) is 12.5. The molecule has 3 rings (SSSR count). The molecule has 0 aromatic heterocycles. The third-order valence-electron chi connectivity index (χ3n) is 4.72. The van der Waals surface area contributed by atoms with Gasteiger partial charge in [0, 0.05) is 24.5 Å². The first-order valence-electron chi connectivity index (χ1n) is 10.1. The topological polar surface area (TPSA) is 104 Å². The average Bonchev–Trinajstić information content (AvgIpc) is 3.25. The number of carbonyl (C=O) groups is 1. The number of sulfone groups is 1. The minimum atomic E-state index is -3.36. The molecule has 0 amide bonds. The van der Waals surface area contributed by atoms with Crippen molar-refractivity contribution in [3.05, 3.63) is 59.1 Å². The number of likely N-dealkylation sites (N-methyl/N-ethyl adjacent to an activating group) is 1. The van der Waals surface area contributed by atoms with Gasteiger partial charge in [-0.15, -0.1) is 0 Å². The van der Waals surface area contributed by atoms with Gasteiger partial charge in [-0.05, 0) is 42.0 Å². The van der Waals surface area contributed by atoms with Crippen LogP contribution >= 0.6 is 11.6 Å². The first-order chi connectivity index (χ1) is 15.3. The molecule has 0 saturated heterocycles. The van der Waals surface area contributed by atoms with E-state index in [4.69, 9.17) is 26.2 Å². The first-order valence-corrected chi connectivity index (χ1v) is 12.2. The lowest BCUT2D eigenvalue weighted by Gasteiger charge is -2.14. The van der Waals surface area contributed by atoms with E-state index < -0.39 is 16.3 Å². The van der Waals surface area contributed by atoms with Crippen molar-refractivity contribution in [2.75, 3.05) is 51.2 Å². The van der Waals surface area contributed by atoms with Crippen LogP contribution in [0.25, 0.3) is 0 Å². The summed E-state index contributed by atoms with van der Waals surface area (Å²) in [6, 6.07) is 14.5. The molecule has 0 bridgehead atoms. The number of carbonyl (C=O) groups excluding carboxylic acids is 1. The van der Waals surface area contributed by atoms with Crippen LogP contribution in [0.1, 0.15) is 12.0 Å². The third kappa shape index (κ3) is 7.90. The lowest BCUT2D eigenvalue weighted by Crippen LogP contribution is -3.06. The Kier molecular flexibility index (Phi) is 10.1. The predicted octanol–water partition coefficient (Wildman–Crippen LogP) is 0.255. The molecule has 1 aliphatic rings. The number of rotatable bonds is 9. The number of ether oxygens (including phenoxy) is 1. The van der Waals surface area contributed by atoms with E-state index in [-0.39, 0.29) is 12.4 Å². The maximum absolute atomic E-state index is 12.5. The third-order valence-corrected chi connectivity index (χ3v) is 6.66. The van der Waals surface area contributed by atoms with Crippen molar-refractivity contribution >= 4 is 39.3 Å². The molecule has 10 heteroatoms. The van der Waals surface area contributed by atoms with E-state index in [0.717, 1.165) is 36.5 Å². The highest BCUT2D eigenvalue weighted by atomic mass is 35.5. The summed E-state index contributed by atoms with van der Waals surface area (Å²) in [7, 11) is 0.707. The molecular formula is C22H28ClN3O5S. The Morgan fingerprint density at radius 1 is 1.12 bits per heavy atom. The second-order valence-electron chi connectivity index (χ2n) is 7.41. The zero-order chi connectivity index (χ0) is 23.6. The van der Waals surface area contributed by atoms with Crippen LogP contribution in [0.4, 0.5) is 5.69 Å². The van der Waals surface area contributed by atoms with Crippen molar-refractivity contribution in [2.45, 2.75) is 11.3 Å². The van der Waals surface area contributed by atoms with E-state index in [1.165, 1.54) is 4.90 Å². The smallest absolute Gasteiger partial charge is 0.180 e. The van der Waals surface area contributed by atoms with Gasteiger partial charge in [0.2, 0.25) is 0 Å². The summed E-state index contributed by atoms with van der Waals surface area (Å²) >= 11 is 5.95. The summed E-state index contributed by atoms with van der Waals surface area (Å²) in [5.74, 6) is -0.0162. The van der Waals surface area contributed by atoms with Crippen molar-refractivity contribution in [3.8, 4) is 0 Å². The number of quaternary nitrogens is 1. The Labute approximate surface area is 194 Å². The Balaban J connectivity index is 0.00000114. The quantitative estimate of drug-likeness (QED) is 0.407. The Morgan fingerprint density at radius 3 is 2.34 bits per heavy atom. The summed E-state index contributed by atoms with van der Waals surface area (Å²) in [5.41, 5.74) is 2.92. The van der Waals surface area contributed by atoms with Gasteiger partial charge in [-0.3, -0.25) is 5.01 Å². The van der Waals surface area contributed by atoms with E-state index in [9.17, 15) is 8.42 Å². The number of carboxylic acid groups (broad SMARTS) is 1. The van der Waals surface area contributed by atoms with E-state index in [0.29, 0.717) is 16.5 Å². The Morgan fingerprint density at radius 2 is 1.75 bits per heavy atom. The minimum absolute atomic E-state index is 0.0162. The van der Waals surface area contributed by atoms with E-state index in [1.54, 1.807) is 24.3 Å². The van der Waals surface area contributed by atoms with Crippen molar-refractivity contribution in [3.63, 3.8) is 0 Å². The molecule has 0 unspecified atom stereocenters. The molecule has 0 spiro atoms. The van der Waals surface area contributed by atoms with Gasteiger partial charge in [0.05, 0.1) is 49.4 Å². The molecular weight excluding hydrogens is 454 g/mol. The van der Waals surface area contributed by atoms with Crippen LogP contribution in [0, 0.1) is 0 Å². The fraction of sp³-hybridized carbons (Fsp3) is 0.364. The standard InChI is InChI=1S/C21H26ClN3O3S.CH2O2/c1-24(2)13-14-28-15-16-29(26,27)20-9-7-19(8-10-20)25-12-11-21(23-25)17-3-5-18(22)6-4-17;2-1-3/h3-10H,11-16H2,1-2H3;1H,(H,2,3). The summed E-state index contributed by atoms with van der Waals surface area (Å²) in [6.07, 6.45) is 0.827. The van der Waals surface area contributed by atoms with Gasteiger partial charge in [-0.1, -0.05) is 23.7 Å². The van der Waals surface area contributed by atoms with Crippen molar-refractivity contribution < 1.29 is 28.0 Å². The molecule has 8 nitrogen and oxygen atoms in total. The van der Waals surface area contributed by atoms with Crippen molar-refractivity contribution in [2.24, 2.45) is 5.10 Å². The normalized spacial score (nSPS) is 13.5. The molecule has 0 radical (unpaired) electrons. The molecule has 0 saturated carbocycles. The molecule has 2 aromatic carbocycles. The fourth-order valence-corrected chi connectivity index (χ4v) is 4.23. The van der Waals surface area contributed by atoms with Crippen LogP contribution < -0.4 is 15.0 Å². The van der Waals surface area contributed by atoms with Gasteiger partial charge in [0.1, 0.15) is 6.54 Å².